The molecular weight excluding hydrogens is 498 g/mol. The number of rotatable bonds is 15. The summed E-state index contributed by atoms with van der Waals surface area (Å²) in [6.45, 7) is 5.97. The SMILES string of the molecule is CC(C)[C@H](NC(=O)[C@H](C)NC(=O)[C@@H](N)CC(=O)O)C(=O)N[C@@H](Cc1ccccc1)C(=O)N[C@H]([C]=O)[C@@H](C)O. The largest absolute Gasteiger partial charge is 0.481 e. The van der Waals surface area contributed by atoms with E-state index in [1.165, 1.54) is 13.8 Å². The summed E-state index contributed by atoms with van der Waals surface area (Å²) < 4.78 is 0. The van der Waals surface area contributed by atoms with Crippen LogP contribution in [-0.4, -0.2) is 82.4 Å². The van der Waals surface area contributed by atoms with E-state index < -0.39 is 78.2 Å². The molecule has 6 atom stereocenters. The average Bonchev–Trinajstić information content (AvgIpc) is 2.84. The van der Waals surface area contributed by atoms with Crippen molar-refractivity contribution in [1.82, 2.24) is 21.3 Å². The van der Waals surface area contributed by atoms with Gasteiger partial charge in [0, 0.05) is 6.42 Å². The Kier molecular flexibility index (Phi) is 13.1. The first-order chi connectivity index (χ1) is 17.8. The van der Waals surface area contributed by atoms with Gasteiger partial charge in [-0.05, 0) is 25.3 Å². The summed E-state index contributed by atoms with van der Waals surface area (Å²) in [7, 11) is 0. The minimum Gasteiger partial charge on any atom is -0.481 e. The molecule has 4 amide bonds. The van der Waals surface area contributed by atoms with Gasteiger partial charge in [-0.1, -0.05) is 44.2 Å². The smallest absolute Gasteiger partial charge is 0.305 e. The van der Waals surface area contributed by atoms with Gasteiger partial charge in [0.1, 0.15) is 24.2 Å². The molecule has 0 heterocycles. The predicted octanol–water partition coefficient (Wildman–Crippen LogP) is -1.86. The standard InChI is InChI=1S/C25H36N5O8/c1-13(2)21(30-22(35)14(3)27-23(36)17(26)11-20(33)34)25(38)28-18(10-16-8-6-5-7-9-16)24(37)29-19(12-31)15(4)32/h5-9,13-15,17-19,21,32H,10-11,26H2,1-4H3,(H,27,36)(H,28,38)(H,29,37)(H,30,35)(H,33,34)/t14-,15+,17-,18-,19+,21-/m0/s1. The van der Waals surface area contributed by atoms with Gasteiger partial charge in [-0.15, -0.1) is 0 Å². The molecule has 1 radical (unpaired) electrons. The highest BCUT2D eigenvalue weighted by molar-refractivity contribution is 5.95. The third-order valence-electron chi connectivity index (χ3n) is 5.55. The van der Waals surface area contributed by atoms with Crippen molar-refractivity contribution < 1.29 is 39.0 Å². The van der Waals surface area contributed by atoms with E-state index in [9.17, 15) is 33.9 Å². The lowest BCUT2D eigenvalue weighted by molar-refractivity contribution is -0.139. The van der Waals surface area contributed by atoms with Crippen LogP contribution >= 0.6 is 0 Å². The van der Waals surface area contributed by atoms with Crippen LogP contribution in [0, 0.1) is 5.92 Å². The van der Waals surface area contributed by atoms with Crippen molar-refractivity contribution in [3.63, 3.8) is 0 Å². The number of aliphatic hydroxyl groups excluding tert-OH is 1. The molecule has 1 aromatic carbocycles. The maximum absolute atomic E-state index is 13.2. The molecule has 0 unspecified atom stereocenters. The third-order valence-corrected chi connectivity index (χ3v) is 5.55. The van der Waals surface area contributed by atoms with E-state index in [2.05, 4.69) is 21.3 Å². The van der Waals surface area contributed by atoms with Crippen LogP contribution in [0.25, 0.3) is 0 Å². The van der Waals surface area contributed by atoms with Crippen molar-refractivity contribution in [2.45, 2.75) is 76.8 Å². The Balaban J connectivity index is 3.00. The number of nitrogens with one attached hydrogen (secondary N) is 4. The van der Waals surface area contributed by atoms with Crippen molar-refractivity contribution in [2.75, 3.05) is 0 Å². The first-order valence-electron chi connectivity index (χ1n) is 12.0. The maximum atomic E-state index is 13.2. The first-order valence-corrected chi connectivity index (χ1v) is 12.0. The van der Waals surface area contributed by atoms with Crippen LogP contribution in [-0.2, 0) is 35.2 Å². The van der Waals surface area contributed by atoms with Crippen LogP contribution in [0.3, 0.4) is 0 Å². The molecule has 8 N–H and O–H groups in total. The van der Waals surface area contributed by atoms with Gasteiger partial charge in [-0.25, -0.2) is 0 Å². The normalized spacial score (nSPS) is 15.7. The summed E-state index contributed by atoms with van der Waals surface area (Å²) in [5.74, 6) is -4.73. The lowest BCUT2D eigenvalue weighted by Crippen LogP contribution is -2.59. The number of nitrogens with two attached hydrogens (primary N) is 1. The molecule has 0 aliphatic rings. The molecule has 13 heteroatoms. The van der Waals surface area contributed by atoms with Gasteiger partial charge in [0.2, 0.25) is 29.9 Å². The zero-order chi connectivity index (χ0) is 29.0. The molecule has 0 saturated carbocycles. The van der Waals surface area contributed by atoms with E-state index in [0.29, 0.717) is 5.56 Å². The van der Waals surface area contributed by atoms with Gasteiger partial charge >= 0.3 is 5.97 Å². The Morgan fingerprint density at radius 3 is 1.97 bits per heavy atom. The van der Waals surface area contributed by atoms with Crippen molar-refractivity contribution >= 4 is 35.9 Å². The Morgan fingerprint density at radius 1 is 0.868 bits per heavy atom. The van der Waals surface area contributed by atoms with E-state index in [0.717, 1.165) is 0 Å². The maximum Gasteiger partial charge on any atom is 0.305 e. The number of benzene rings is 1. The summed E-state index contributed by atoms with van der Waals surface area (Å²) in [6.07, 6.45) is -0.248. The molecular formula is C25H36N5O8. The number of carboxylic acid groups (broad SMARTS) is 1. The molecule has 0 aromatic heterocycles. The highest BCUT2D eigenvalue weighted by Crippen LogP contribution is 2.08. The summed E-state index contributed by atoms with van der Waals surface area (Å²) in [5.41, 5.74) is 6.21. The van der Waals surface area contributed by atoms with Crippen LogP contribution in [0.1, 0.15) is 39.7 Å². The number of amides is 4. The van der Waals surface area contributed by atoms with Crippen molar-refractivity contribution in [2.24, 2.45) is 11.7 Å². The molecule has 1 aromatic rings. The molecule has 0 bridgehead atoms. The second kappa shape index (κ2) is 15.4. The van der Waals surface area contributed by atoms with Crippen LogP contribution < -0.4 is 27.0 Å². The lowest BCUT2D eigenvalue weighted by atomic mass is 10.00. The van der Waals surface area contributed by atoms with Crippen molar-refractivity contribution in [3.05, 3.63) is 35.9 Å². The Labute approximate surface area is 220 Å². The quantitative estimate of drug-likeness (QED) is 0.134. The van der Waals surface area contributed by atoms with E-state index in [-0.39, 0.29) is 6.42 Å². The minimum atomic E-state index is -1.36. The van der Waals surface area contributed by atoms with E-state index in [1.54, 1.807) is 50.5 Å². The zero-order valence-electron chi connectivity index (χ0n) is 21.8. The number of hydrogen-bond donors (Lipinski definition) is 7. The minimum absolute atomic E-state index is 0.0521. The molecule has 0 spiro atoms. The molecule has 209 valence electrons. The van der Waals surface area contributed by atoms with E-state index >= 15 is 0 Å². The Bertz CT molecular complexity index is 985. The van der Waals surface area contributed by atoms with Gasteiger partial charge in [0.15, 0.2) is 0 Å². The lowest BCUT2D eigenvalue weighted by Gasteiger charge is -2.27. The van der Waals surface area contributed by atoms with Crippen LogP contribution in [0.4, 0.5) is 0 Å². The second-order valence-electron chi connectivity index (χ2n) is 9.26. The van der Waals surface area contributed by atoms with Gasteiger partial charge in [-0.3, -0.25) is 28.8 Å². The van der Waals surface area contributed by atoms with E-state index in [4.69, 9.17) is 10.8 Å². The van der Waals surface area contributed by atoms with Crippen molar-refractivity contribution in [3.8, 4) is 0 Å². The monoisotopic (exact) mass is 534 g/mol. The highest BCUT2D eigenvalue weighted by atomic mass is 16.4. The number of carbonyl (C=O) groups is 5. The number of carbonyl (C=O) groups excluding carboxylic acids is 5. The molecule has 0 saturated heterocycles. The molecule has 38 heavy (non-hydrogen) atoms. The van der Waals surface area contributed by atoms with E-state index in [1.807, 2.05) is 0 Å². The van der Waals surface area contributed by atoms with Crippen molar-refractivity contribution in [1.29, 1.82) is 0 Å². The van der Waals surface area contributed by atoms with Gasteiger partial charge in [0.05, 0.1) is 18.6 Å². The predicted molar refractivity (Wildman–Crippen MR) is 136 cm³/mol. The number of carboxylic acids is 1. The fourth-order valence-electron chi connectivity index (χ4n) is 3.30. The summed E-state index contributed by atoms with van der Waals surface area (Å²) >= 11 is 0. The first kappa shape index (κ1) is 32.2. The van der Waals surface area contributed by atoms with Crippen LogP contribution in [0.15, 0.2) is 30.3 Å². The third kappa shape index (κ3) is 10.6. The molecule has 1 rings (SSSR count). The Hall–Kier alpha value is -3.84. The average molecular weight is 535 g/mol. The van der Waals surface area contributed by atoms with Gasteiger partial charge in [0.25, 0.3) is 0 Å². The molecule has 0 fully saturated rings. The summed E-state index contributed by atoms with van der Waals surface area (Å²) in [5, 5.41) is 28.2. The highest BCUT2D eigenvalue weighted by Gasteiger charge is 2.32. The fourth-order valence-corrected chi connectivity index (χ4v) is 3.30. The van der Waals surface area contributed by atoms with Gasteiger partial charge < -0.3 is 37.2 Å². The zero-order valence-corrected chi connectivity index (χ0v) is 21.8. The molecule has 0 aliphatic heterocycles. The molecule has 0 aliphatic carbocycles. The number of hydrogen-bond acceptors (Lipinski definition) is 8. The topological polar surface area (TPSA) is 217 Å². The summed E-state index contributed by atoms with van der Waals surface area (Å²) in [6, 6.07) is 2.66. The van der Waals surface area contributed by atoms with Gasteiger partial charge in [-0.2, -0.15) is 0 Å². The molecule has 13 nitrogen and oxygen atoms in total. The number of aliphatic carboxylic acids is 1. The summed E-state index contributed by atoms with van der Waals surface area (Å²) in [4.78, 5) is 72.8. The van der Waals surface area contributed by atoms with Crippen LogP contribution in [0.2, 0.25) is 0 Å². The fraction of sp³-hybridized carbons (Fsp3) is 0.520. The second-order valence-corrected chi connectivity index (χ2v) is 9.26. The Morgan fingerprint density at radius 2 is 1.47 bits per heavy atom. The van der Waals surface area contributed by atoms with Crippen LogP contribution in [0.5, 0.6) is 0 Å². The number of aliphatic hydroxyl groups is 1.